The molecule has 0 radical (unpaired) electrons. The first kappa shape index (κ1) is 12.8. The van der Waals surface area contributed by atoms with Gasteiger partial charge in [0.1, 0.15) is 24.4 Å². The summed E-state index contributed by atoms with van der Waals surface area (Å²) >= 11 is 0. The standard InChI is InChI=1S/C9H18O6/c1-12-4-5-6(10)7(11)8(13-2)9(14-3)15-5/h5-11H,4H2,1-3H3/t5-,6+,7+,8-,9+/m1/s1. The molecule has 1 rings (SSSR count). The zero-order valence-electron chi connectivity index (χ0n) is 9.12. The van der Waals surface area contributed by atoms with Crippen LogP contribution in [-0.4, -0.2) is 68.9 Å². The summed E-state index contributed by atoms with van der Waals surface area (Å²) in [4.78, 5) is 0. The Kier molecular flexibility index (Phi) is 4.91. The number of methoxy groups -OCH3 is 3. The van der Waals surface area contributed by atoms with Crippen LogP contribution < -0.4 is 0 Å². The molecule has 1 aliphatic rings. The summed E-state index contributed by atoms with van der Waals surface area (Å²) in [6.07, 6.45) is -4.09. The summed E-state index contributed by atoms with van der Waals surface area (Å²) in [5, 5.41) is 19.4. The Balaban J connectivity index is 2.68. The Hall–Kier alpha value is -0.240. The van der Waals surface area contributed by atoms with E-state index in [1.807, 2.05) is 0 Å². The van der Waals surface area contributed by atoms with Crippen LogP contribution in [0, 0.1) is 0 Å². The van der Waals surface area contributed by atoms with Gasteiger partial charge in [0.2, 0.25) is 0 Å². The van der Waals surface area contributed by atoms with Gasteiger partial charge >= 0.3 is 0 Å². The molecule has 0 aromatic carbocycles. The number of rotatable bonds is 4. The minimum atomic E-state index is -1.05. The van der Waals surface area contributed by atoms with Crippen LogP contribution in [0.3, 0.4) is 0 Å². The largest absolute Gasteiger partial charge is 0.387 e. The topological polar surface area (TPSA) is 77.4 Å². The molecule has 0 amide bonds. The lowest BCUT2D eigenvalue weighted by atomic mass is 9.99. The van der Waals surface area contributed by atoms with Crippen LogP contribution in [0.15, 0.2) is 0 Å². The van der Waals surface area contributed by atoms with E-state index >= 15 is 0 Å². The Morgan fingerprint density at radius 3 is 2.20 bits per heavy atom. The van der Waals surface area contributed by atoms with Gasteiger partial charge in [0.15, 0.2) is 6.29 Å². The summed E-state index contributed by atoms with van der Waals surface area (Å²) in [7, 11) is 4.37. The molecule has 0 bridgehead atoms. The average Bonchev–Trinajstić information content (AvgIpc) is 2.24. The van der Waals surface area contributed by atoms with Gasteiger partial charge in [-0.3, -0.25) is 0 Å². The van der Waals surface area contributed by atoms with Crippen molar-refractivity contribution in [3.63, 3.8) is 0 Å². The van der Waals surface area contributed by atoms with Gasteiger partial charge in [0, 0.05) is 21.3 Å². The van der Waals surface area contributed by atoms with Crippen molar-refractivity contribution in [3.8, 4) is 0 Å². The maximum absolute atomic E-state index is 9.75. The fourth-order valence-electron chi connectivity index (χ4n) is 1.65. The van der Waals surface area contributed by atoms with Gasteiger partial charge in [-0.25, -0.2) is 0 Å². The van der Waals surface area contributed by atoms with Crippen LogP contribution in [0.1, 0.15) is 0 Å². The molecule has 0 saturated carbocycles. The average molecular weight is 222 g/mol. The molecule has 6 nitrogen and oxygen atoms in total. The lowest BCUT2D eigenvalue weighted by Gasteiger charge is -2.41. The van der Waals surface area contributed by atoms with Crippen molar-refractivity contribution in [2.45, 2.75) is 30.7 Å². The fourth-order valence-corrected chi connectivity index (χ4v) is 1.65. The third kappa shape index (κ3) is 2.66. The summed E-state index contributed by atoms with van der Waals surface area (Å²) in [6.45, 7) is 0.189. The number of ether oxygens (including phenoxy) is 4. The Morgan fingerprint density at radius 2 is 1.73 bits per heavy atom. The third-order valence-corrected chi connectivity index (χ3v) is 2.48. The molecule has 15 heavy (non-hydrogen) atoms. The van der Waals surface area contributed by atoms with Gasteiger partial charge in [-0.2, -0.15) is 0 Å². The second-order valence-corrected chi connectivity index (χ2v) is 3.42. The molecule has 0 unspecified atom stereocenters. The van der Waals surface area contributed by atoms with E-state index in [1.165, 1.54) is 21.3 Å². The molecule has 1 fully saturated rings. The Bertz CT molecular complexity index is 183. The molecule has 1 aliphatic heterocycles. The second-order valence-electron chi connectivity index (χ2n) is 3.42. The maximum atomic E-state index is 9.75. The first-order chi connectivity index (χ1) is 7.15. The van der Waals surface area contributed by atoms with Crippen molar-refractivity contribution in [1.82, 2.24) is 0 Å². The van der Waals surface area contributed by atoms with Crippen molar-refractivity contribution in [2.24, 2.45) is 0 Å². The van der Waals surface area contributed by atoms with Crippen LogP contribution in [-0.2, 0) is 18.9 Å². The van der Waals surface area contributed by atoms with Gasteiger partial charge in [-0.15, -0.1) is 0 Å². The molecule has 1 saturated heterocycles. The van der Waals surface area contributed by atoms with Crippen molar-refractivity contribution >= 4 is 0 Å². The van der Waals surface area contributed by atoms with E-state index in [9.17, 15) is 10.2 Å². The SMILES string of the molecule is COC[C@H]1O[C@H](OC)[C@H](OC)[C@@H](O)[C@H]1O. The molecule has 0 spiro atoms. The lowest BCUT2D eigenvalue weighted by Crippen LogP contribution is -2.59. The van der Waals surface area contributed by atoms with Crippen LogP contribution in [0.2, 0.25) is 0 Å². The Morgan fingerprint density at radius 1 is 1.07 bits per heavy atom. The maximum Gasteiger partial charge on any atom is 0.186 e. The monoisotopic (exact) mass is 222 g/mol. The third-order valence-electron chi connectivity index (χ3n) is 2.48. The number of hydrogen-bond acceptors (Lipinski definition) is 6. The van der Waals surface area contributed by atoms with Crippen molar-refractivity contribution in [1.29, 1.82) is 0 Å². The molecule has 90 valence electrons. The van der Waals surface area contributed by atoms with Crippen LogP contribution in [0.5, 0.6) is 0 Å². The van der Waals surface area contributed by atoms with Gasteiger partial charge in [0.05, 0.1) is 6.61 Å². The minimum absolute atomic E-state index is 0.189. The summed E-state index contributed by atoms with van der Waals surface area (Å²) < 4.78 is 20.3. The van der Waals surface area contributed by atoms with E-state index in [4.69, 9.17) is 18.9 Å². The van der Waals surface area contributed by atoms with Crippen LogP contribution in [0.25, 0.3) is 0 Å². The zero-order chi connectivity index (χ0) is 11.4. The molecule has 0 aromatic heterocycles. The predicted octanol–water partition coefficient (Wildman–Crippen LogP) is -1.26. The highest BCUT2D eigenvalue weighted by Crippen LogP contribution is 2.23. The molecule has 1 heterocycles. The second kappa shape index (κ2) is 5.74. The van der Waals surface area contributed by atoms with Crippen molar-refractivity contribution in [2.75, 3.05) is 27.9 Å². The molecule has 6 heteroatoms. The van der Waals surface area contributed by atoms with Gasteiger partial charge in [-0.05, 0) is 0 Å². The molecule has 5 atom stereocenters. The predicted molar refractivity (Wildman–Crippen MR) is 50.4 cm³/mol. The van der Waals surface area contributed by atoms with Gasteiger partial charge in [-0.1, -0.05) is 0 Å². The number of aliphatic hydroxyl groups is 2. The molecule has 2 N–H and O–H groups in total. The molecular weight excluding hydrogens is 204 g/mol. The van der Waals surface area contributed by atoms with Gasteiger partial charge in [0.25, 0.3) is 0 Å². The zero-order valence-corrected chi connectivity index (χ0v) is 9.12. The highest BCUT2D eigenvalue weighted by molar-refractivity contribution is 4.89. The van der Waals surface area contributed by atoms with Gasteiger partial charge < -0.3 is 29.2 Å². The highest BCUT2D eigenvalue weighted by Gasteiger charge is 2.44. The normalized spacial score (nSPS) is 41.8. The Labute approximate surface area is 88.7 Å². The minimum Gasteiger partial charge on any atom is -0.387 e. The van der Waals surface area contributed by atoms with E-state index < -0.39 is 30.7 Å². The van der Waals surface area contributed by atoms with E-state index in [1.54, 1.807) is 0 Å². The molecular formula is C9H18O6. The van der Waals surface area contributed by atoms with E-state index in [2.05, 4.69) is 0 Å². The van der Waals surface area contributed by atoms with Crippen LogP contribution in [0.4, 0.5) is 0 Å². The first-order valence-electron chi connectivity index (χ1n) is 4.71. The van der Waals surface area contributed by atoms with Crippen LogP contribution >= 0.6 is 0 Å². The smallest absolute Gasteiger partial charge is 0.186 e. The first-order valence-corrected chi connectivity index (χ1v) is 4.71. The van der Waals surface area contributed by atoms with Crippen molar-refractivity contribution in [3.05, 3.63) is 0 Å². The number of aliphatic hydroxyl groups excluding tert-OH is 2. The summed E-state index contributed by atoms with van der Waals surface area (Å²) in [5.41, 5.74) is 0. The summed E-state index contributed by atoms with van der Waals surface area (Å²) in [6, 6.07) is 0. The molecule has 0 aromatic rings. The van der Waals surface area contributed by atoms with Crippen molar-refractivity contribution < 1.29 is 29.2 Å². The van der Waals surface area contributed by atoms with E-state index in [0.717, 1.165) is 0 Å². The number of hydrogen-bond donors (Lipinski definition) is 2. The van der Waals surface area contributed by atoms with E-state index in [0.29, 0.717) is 0 Å². The fraction of sp³-hybridized carbons (Fsp3) is 1.00. The lowest BCUT2D eigenvalue weighted by molar-refractivity contribution is -0.300. The highest BCUT2D eigenvalue weighted by atomic mass is 16.7. The van der Waals surface area contributed by atoms with E-state index in [-0.39, 0.29) is 6.61 Å². The summed E-state index contributed by atoms with van der Waals surface area (Å²) in [5.74, 6) is 0. The quantitative estimate of drug-likeness (QED) is 0.618. The molecule has 0 aliphatic carbocycles.